The third kappa shape index (κ3) is 1.34. The summed E-state index contributed by atoms with van der Waals surface area (Å²) in [4.78, 5) is 0. The molecule has 5 heteroatoms. The van der Waals surface area contributed by atoms with Gasteiger partial charge < -0.3 is 10.5 Å². The van der Waals surface area contributed by atoms with E-state index < -0.39 is 0 Å². The number of hydrogen-bond acceptors (Lipinski definition) is 3. The first kappa shape index (κ1) is 8.07. The maximum absolute atomic E-state index is 5.59. The van der Waals surface area contributed by atoms with E-state index in [1.165, 1.54) is 0 Å². The minimum atomic E-state index is 0.360. The fourth-order valence-electron chi connectivity index (χ4n) is 1.30. The SMILES string of the molecule is Nc1nn(C2CCOC2)cc1Br. The topological polar surface area (TPSA) is 53.1 Å². The molecule has 0 aliphatic carbocycles. The Bertz CT molecular complexity index is 261. The summed E-state index contributed by atoms with van der Waals surface area (Å²) in [5.41, 5.74) is 5.59. The largest absolute Gasteiger partial charge is 0.381 e. The Morgan fingerprint density at radius 1 is 1.75 bits per heavy atom. The lowest BCUT2D eigenvalue weighted by Gasteiger charge is -2.06. The maximum Gasteiger partial charge on any atom is 0.159 e. The normalized spacial score (nSPS) is 23.2. The molecular formula is C7H10BrN3O. The molecule has 0 bridgehead atoms. The second-order valence-electron chi connectivity index (χ2n) is 2.86. The number of rotatable bonds is 1. The van der Waals surface area contributed by atoms with Crippen molar-refractivity contribution in [1.82, 2.24) is 9.78 Å². The Morgan fingerprint density at radius 3 is 3.08 bits per heavy atom. The van der Waals surface area contributed by atoms with Gasteiger partial charge in [-0.2, -0.15) is 5.10 Å². The van der Waals surface area contributed by atoms with Crippen molar-refractivity contribution in [3.05, 3.63) is 10.7 Å². The molecule has 2 N–H and O–H groups in total. The summed E-state index contributed by atoms with van der Waals surface area (Å²) in [5.74, 6) is 0.543. The van der Waals surface area contributed by atoms with E-state index in [-0.39, 0.29) is 0 Å². The molecule has 2 rings (SSSR count). The number of hydrogen-bond donors (Lipinski definition) is 1. The third-order valence-corrected chi connectivity index (χ3v) is 2.60. The summed E-state index contributed by atoms with van der Waals surface area (Å²) in [6.07, 6.45) is 2.92. The van der Waals surface area contributed by atoms with Gasteiger partial charge in [-0.1, -0.05) is 0 Å². The molecule has 12 heavy (non-hydrogen) atoms. The Morgan fingerprint density at radius 2 is 2.58 bits per heavy atom. The molecule has 0 saturated carbocycles. The van der Waals surface area contributed by atoms with Crippen LogP contribution in [0.1, 0.15) is 12.5 Å². The van der Waals surface area contributed by atoms with Crippen LogP contribution in [0, 0.1) is 0 Å². The van der Waals surface area contributed by atoms with Gasteiger partial charge >= 0.3 is 0 Å². The molecule has 0 aromatic carbocycles. The first-order valence-electron chi connectivity index (χ1n) is 3.85. The number of halogens is 1. The molecule has 1 atom stereocenters. The van der Waals surface area contributed by atoms with E-state index in [1.54, 1.807) is 0 Å². The molecule has 1 aromatic heterocycles. The van der Waals surface area contributed by atoms with Crippen molar-refractivity contribution in [3.63, 3.8) is 0 Å². The molecule has 2 heterocycles. The maximum atomic E-state index is 5.59. The van der Waals surface area contributed by atoms with Crippen LogP contribution in [-0.4, -0.2) is 23.0 Å². The van der Waals surface area contributed by atoms with Crippen LogP contribution < -0.4 is 5.73 Å². The molecule has 1 aliphatic rings. The van der Waals surface area contributed by atoms with E-state index in [9.17, 15) is 0 Å². The van der Waals surface area contributed by atoms with Gasteiger partial charge in [0.05, 0.1) is 17.1 Å². The van der Waals surface area contributed by atoms with Crippen molar-refractivity contribution >= 4 is 21.7 Å². The fourth-order valence-corrected chi connectivity index (χ4v) is 1.59. The molecule has 1 aromatic rings. The minimum absolute atomic E-state index is 0.360. The minimum Gasteiger partial charge on any atom is -0.381 e. The van der Waals surface area contributed by atoms with E-state index in [0.717, 1.165) is 24.1 Å². The van der Waals surface area contributed by atoms with Gasteiger partial charge in [0, 0.05) is 12.8 Å². The van der Waals surface area contributed by atoms with Crippen LogP contribution in [0.5, 0.6) is 0 Å². The highest BCUT2D eigenvalue weighted by atomic mass is 79.9. The van der Waals surface area contributed by atoms with Crippen LogP contribution in [-0.2, 0) is 4.74 Å². The average molecular weight is 232 g/mol. The van der Waals surface area contributed by atoms with Gasteiger partial charge in [-0.25, -0.2) is 0 Å². The summed E-state index contributed by atoms with van der Waals surface area (Å²) in [7, 11) is 0. The van der Waals surface area contributed by atoms with E-state index in [0.29, 0.717) is 11.9 Å². The third-order valence-electron chi connectivity index (χ3n) is 1.99. The smallest absolute Gasteiger partial charge is 0.159 e. The number of nitrogens with zero attached hydrogens (tertiary/aromatic N) is 2. The predicted octanol–water partition coefficient (Wildman–Crippen LogP) is 1.19. The first-order chi connectivity index (χ1) is 5.77. The Kier molecular flexibility index (Phi) is 2.06. The standard InChI is InChI=1S/C7H10BrN3O/c8-6-3-11(10-7(6)9)5-1-2-12-4-5/h3,5H,1-2,4H2,(H2,9,10). The van der Waals surface area contributed by atoms with Crippen molar-refractivity contribution in [2.24, 2.45) is 0 Å². The molecule has 66 valence electrons. The van der Waals surface area contributed by atoms with Gasteiger partial charge in [0.1, 0.15) is 0 Å². The second kappa shape index (κ2) is 3.06. The number of aromatic nitrogens is 2. The second-order valence-corrected chi connectivity index (χ2v) is 3.71. The van der Waals surface area contributed by atoms with E-state index >= 15 is 0 Å². The van der Waals surface area contributed by atoms with E-state index in [4.69, 9.17) is 10.5 Å². The monoisotopic (exact) mass is 231 g/mol. The van der Waals surface area contributed by atoms with Crippen molar-refractivity contribution in [3.8, 4) is 0 Å². The zero-order chi connectivity index (χ0) is 8.55. The fraction of sp³-hybridized carbons (Fsp3) is 0.571. The quantitative estimate of drug-likeness (QED) is 0.791. The molecule has 0 radical (unpaired) electrons. The van der Waals surface area contributed by atoms with Crippen LogP contribution in [0.4, 0.5) is 5.82 Å². The number of ether oxygens (including phenoxy) is 1. The Balaban J connectivity index is 2.21. The highest BCUT2D eigenvalue weighted by Gasteiger charge is 2.18. The highest BCUT2D eigenvalue weighted by Crippen LogP contribution is 2.23. The molecular weight excluding hydrogens is 222 g/mol. The van der Waals surface area contributed by atoms with Gasteiger partial charge in [0.15, 0.2) is 5.82 Å². The Hall–Kier alpha value is -0.550. The average Bonchev–Trinajstić information content (AvgIpc) is 2.61. The molecule has 1 fully saturated rings. The molecule has 0 amide bonds. The molecule has 1 saturated heterocycles. The van der Waals surface area contributed by atoms with Crippen LogP contribution in [0.25, 0.3) is 0 Å². The van der Waals surface area contributed by atoms with Crippen LogP contribution in [0.2, 0.25) is 0 Å². The number of anilines is 1. The summed E-state index contributed by atoms with van der Waals surface area (Å²) < 4.78 is 7.97. The first-order valence-corrected chi connectivity index (χ1v) is 4.64. The van der Waals surface area contributed by atoms with Gasteiger partial charge in [-0.05, 0) is 22.4 Å². The van der Waals surface area contributed by atoms with Crippen LogP contribution in [0.3, 0.4) is 0 Å². The van der Waals surface area contributed by atoms with Crippen LogP contribution >= 0.6 is 15.9 Å². The predicted molar refractivity (Wildman–Crippen MR) is 48.8 cm³/mol. The van der Waals surface area contributed by atoms with Crippen molar-refractivity contribution < 1.29 is 4.74 Å². The van der Waals surface area contributed by atoms with Gasteiger partial charge in [-0.3, -0.25) is 4.68 Å². The summed E-state index contributed by atoms with van der Waals surface area (Å²) in [6, 6.07) is 0.360. The molecule has 1 aliphatic heterocycles. The highest BCUT2D eigenvalue weighted by molar-refractivity contribution is 9.10. The lowest BCUT2D eigenvalue weighted by Crippen LogP contribution is -2.09. The van der Waals surface area contributed by atoms with E-state index in [2.05, 4.69) is 21.0 Å². The lowest BCUT2D eigenvalue weighted by atomic mass is 10.3. The molecule has 4 nitrogen and oxygen atoms in total. The van der Waals surface area contributed by atoms with Gasteiger partial charge in [0.25, 0.3) is 0 Å². The van der Waals surface area contributed by atoms with Crippen LogP contribution in [0.15, 0.2) is 10.7 Å². The van der Waals surface area contributed by atoms with Gasteiger partial charge in [-0.15, -0.1) is 0 Å². The summed E-state index contributed by atoms with van der Waals surface area (Å²) in [5, 5.41) is 4.16. The number of nitrogens with two attached hydrogens (primary N) is 1. The van der Waals surface area contributed by atoms with Crippen molar-refractivity contribution in [2.75, 3.05) is 18.9 Å². The van der Waals surface area contributed by atoms with Crippen molar-refractivity contribution in [2.45, 2.75) is 12.5 Å². The zero-order valence-electron chi connectivity index (χ0n) is 6.53. The van der Waals surface area contributed by atoms with Gasteiger partial charge in [0.2, 0.25) is 0 Å². The zero-order valence-corrected chi connectivity index (χ0v) is 8.12. The summed E-state index contributed by atoms with van der Waals surface area (Å²) in [6.45, 7) is 1.57. The van der Waals surface area contributed by atoms with Crippen molar-refractivity contribution in [1.29, 1.82) is 0 Å². The molecule has 0 spiro atoms. The van der Waals surface area contributed by atoms with E-state index in [1.807, 2.05) is 10.9 Å². The molecule has 1 unspecified atom stereocenters. The lowest BCUT2D eigenvalue weighted by molar-refractivity contribution is 0.184. The number of nitrogen functional groups attached to an aromatic ring is 1. The summed E-state index contributed by atoms with van der Waals surface area (Å²) >= 11 is 3.31. The Labute approximate surface area is 78.8 Å².